The first-order chi connectivity index (χ1) is 8.27. The molecule has 8 heteroatoms. The van der Waals surface area contributed by atoms with E-state index in [-0.39, 0.29) is 20.5 Å². The number of benzene rings is 1. The number of amides is 1. The van der Waals surface area contributed by atoms with E-state index in [1.807, 2.05) is 6.92 Å². The summed E-state index contributed by atoms with van der Waals surface area (Å²) in [4.78, 5) is 11.4. The number of carbonyl (C=O) groups excluding carboxylic acids is 1. The highest BCUT2D eigenvalue weighted by atomic mass is 35.5. The number of hydrogen-bond acceptors (Lipinski definition) is 3. The van der Waals surface area contributed by atoms with Gasteiger partial charge >= 0.3 is 0 Å². The van der Waals surface area contributed by atoms with E-state index in [9.17, 15) is 13.2 Å². The van der Waals surface area contributed by atoms with Crippen LogP contribution in [0.15, 0.2) is 17.0 Å². The summed E-state index contributed by atoms with van der Waals surface area (Å²) in [5.74, 6) is -0.491. The zero-order valence-corrected chi connectivity index (χ0v) is 11.9. The Hall–Kier alpha value is -0.820. The fourth-order valence-electron chi connectivity index (χ4n) is 1.27. The molecule has 0 aliphatic carbocycles. The van der Waals surface area contributed by atoms with Gasteiger partial charge in [0.2, 0.25) is 10.0 Å². The molecule has 0 saturated carbocycles. The van der Waals surface area contributed by atoms with Gasteiger partial charge in [-0.3, -0.25) is 4.79 Å². The van der Waals surface area contributed by atoms with Crippen molar-refractivity contribution < 1.29 is 13.2 Å². The van der Waals surface area contributed by atoms with Gasteiger partial charge in [0.1, 0.15) is 4.90 Å². The molecule has 0 saturated heterocycles. The van der Waals surface area contributed by atoms with Gasteiger partial charge in [0.25, 0.3) is 5.91 Å². The van der Waals surface area contributed by atoms with Crippen molar-refractivity contribution in [2.75, 3.05) is 6.54 Å². The molecule has 100 valence electrons. The van der Waals surface area contributed by atoms with Crippen molar-refractivity contribution in [2.45, 2.75) is 18.2 Å². The van der Waals surface area contributed by atoms with Crippen molar-refractivity contribution in [1.29, 1.82) is 0 Å². The van der Waals surface area contributed by atoms with E-state index in [0.29, 0.717) is 6.54 Å². The lowest BCUT2D eigenvalue weighted by atomic mass is 10.2. The molecule has 1 aromatic rings. The maximum Gasteiger partial charge on any atom is 0.252 e. The number of nitrogens with one attached hydrogen (secondary N) is 1. The second-order valence-electron chi connectivity index (χ2n) is 3.57. The third kappa shape index (κ3) is 3.58. The van der Waals surface area contributed by atoms with E-state index in [1.54, 1.807) is 0 Å². The lowest BCUT2D eigenvalue weighted by Gasteiger charge is -2.09. The lowest BCUT2D eigenvalue weighted by Crippen LogP contribution is -2.25. The Bertz CT molecular complexity index is 573. The number of rotatable bonds is 4. The van der Waals surface area contributed by atoms with Gasteiger partial charge in [-0.05, 0) is 18.6 Å². The molecule has 1 rings (SSSR count). The van der Waals surface area contributed by atoms with Gasteiger partial charge in [-0.2, -0.15) is 0 Å². The first kappa shape index (κ1) is 15.2. The average Bonchev–Trinajstić information content (AvgIpc) is 2.27. The Morgan fingerprint density at radius 2 is 2.00 bits per heavy atom. The summed E-state index contributed by atoms with van der Waals surface area (Å²) in [6, 6.07) is 2.40. The molecule has 1 aromatic carbocycles. The molecular formula is C10H12Cl2N2O3S. The number of nitrogens with two attached hydrogens (primary N) is 1. The van der Waals surface area contributed by atoms with Crippen molar-refractivity contribution in [3.63, 3.8) is 0 Å². The van der Waals surface area contributed by atoms with Crippen LogP contribution in [0, 0.1) is 0 Å². The van der Waals surface area contributed by atoms with Gasteiger partial charge in [0, 0.05) is 11.6 Å². The van der Waals surface area contributed by atoms with Crippen LogP contribution in [0.3, 0.4) is 0 Å². The van der Waals surface area contributed by atoms with Gasteiger partial charge < -0.3 is 5.32 Å². The number of carbonyl (C=O) groups is 1. The molecule has 0 fully saturated rings. The first-order valence-corrected chi connectivity index (χ1v) is 7.37. The van der Waals surface area contributed by atoms with E-state index in [4.69, 9.17) is 28.3 Å². The van der Waals surface area contributed by atoms with E-state index < -0.39 is 15.9 Å². The maximum absolute atomic E-state index is 11.8. The van der Waals surface area contributed by atoms with Crippen molar-refractivity contribution in [1.82, 2.24) is 5.32 Å². The van der Waals surface area contributed by atoms with Crippen molar-refractivity contribution in [3.8, 4) is 0 Å². The van der Waals surface area contributed by atoms with Crippen molar-refractivity contribution in [2.24, 2.45) is 5.14 Å². The third-order valence-corrected chi connectivity index (χ3v) is 3.76. The molecule has 0 heterocycles. The summed E-state index contributed by atoms with van der Waals surface area (Å²) in [6.45, 7) is 2.34. The molecule has 1 amide bonds. The molecule has 3 N–H and O–H groups in total. The quantitative estimate of drug-likeness (QED) is 0.888. The molecule has 0 aliphatic rings. The molecule has 0 bridgehead atoms. The molecule has 0 spiro atoms. The second-order valence-corrected chi connectivity index (χ2v) is 5.91. The molecule has 0 unspecified atom stereocenters. The standard InChI is InChI=1S/C10H12Cl2N2O3S/c1-2-3-14-10(15)7-4-6(11)5-8(9(7)12)18(13,16)17/h4-5H,2-3H2,1H3,(H,14,15)(H2,13,16,17). The SMILES string of the molecule is CCCNC(=O)c1cc(Cl)cc(S(N)(=O)=O)c1Cl. The number of hydrogen-bond donors (Lipinski definition) is 2. The average molecular weight is 311 g/mol. The molecule has 0 radical (unpaired) electrons. The summed E-state index contributed by atoms with van der Waals surface area (Å²) in [5.41, 5.74) is -0.0124. The first-order valence-electron chi connectivity index (χ1n) is 5.07. The molecular weight excluding hydrogens is 299 g/mol. The van der Waals surface area contributed by atoms with Crippen molar-refractivity contribution in [3.05, 3.63) is 27.7 Å². The molecule has 18 heavy (non-hydrogen) atoms. The van der Waals surface area contributed by atoms with Crippen LogP contribution in [0.4, 0.5) is 0 Å². The Labute approximate surface area is 115 Å². The summed E-state index contributed by atoms with van der Waals surface area (Å²) in [5, 5.41) is 7.42. The topological polar surface area (TPSA) is 89.3 Å². The van der Waals surface area contributed by atoms with Gasteiger partial charge in [0.15, 0.2) is 0 Å². The van der Waals surface area contributed by atoms with Crippen molar-refractivity contribution >= 4 is 39.1 Å². The lowest BCUT2D eigenvalue weighted by molar-refractivity contribution is 0.0953. The predicted molar refractivity (Wildman–Crippen MR) is 70.5 cm³/mol. The molecule has 0 aromatic heterocycles. The maximum atomic E-state index is 11.8. The monoisotopic (exact) mass is 310 g/mol. The summed E-state index contributed by atoms with van der Waals surface area (Å²) in [7, 11) is -4.03. The number of primary sulfonamides is 1. The molecule has 0 aliphatic heterocycles. The zero-order valence-electron chi connectivity index (χ0n) is 9.54. The highest BCUT2D eigenvalue weighted by molar-refractivity contribution is 7.89. The van der Waals surface area contributed by atoms with Crippen LogP contribution in [-0.2, 0) is 10.0 Å². The Morgan fingerprint density at radius 1 is 1.39 bits per heavy atom. The van der Waals surface area contributed by atoms with Crippen LogP contribution < -0.4 is 10.5 Å². The fourth-order valence-corrected chi connectivity index (χ4v) is 2.72. The minimum absolute atomic E-state index is 0.0124. The van der Waals surface area contributed by atoms with Gasteiger partial charge in [-0.1, -0.05) is 30.1 Å². The minimum atomic E-state index is -4.03. The van der Waals surface area contributed by atoms with Crippen LogP contribution in [0.25, 0.3) is 0 Å². The highest BCUT2D eigenvalue weighted by Crippen LogP contribution is 2.28. The van der Waals surface area contributed by atoms with Crippen LogP contribution in [0.5, 0.6) is 0 Å². The van der Waals surface area contributed by atoms with Crippen LogP contribution in [0.1, 0.15) is 23.7 Å². The highest BCUT2D eigenvalue weighted by Gasteiger charge is 2.20. The van der Waals surface area contributed by atoms with Gasteiger partial charge in [-0.25, -0.2) is 13.6 Å². The Morgan fingerprint density at radius 3 is 2.50 bits per heavy atom. The second kappa shape index (κ2) is 5.88. The summed E-state index contributed by atoms with van der Waals surface area (Å²) in [6.07, 6.45) is 0.742. The van der Waals surface area contributed by atoms with E-state index in [1.165, 1.54) is 6.07 Å². The normalized spacial score (nSPS) is 11.3. The third-order valence-electron chi connectivity index (χ3n) is 2.09. The van der Waals surface area contributed by atoms with Crippen LogP contribution in [0.2, 0.25) is 10.0 Å². The minimum Gasteiger partial charge on any atom is -0.352 e. The Balaban J connectivity index is 3.30. The smallest absolute Gasteiger partial charge is 0.252 e. The molecule has 0 atom stereocenters. The van der Waals surface area contributed by atoms with Gasteiger partial charge in [0.05, 0.1) is 10.6 Å². The summed E-state index contributed by atoms with van der Waals surface area (Å²) < 4.78 is 22.6. The predicted octanol–water partition coefficient (Wildman–Crippen LogP) is 1.78. The molecule has 5 nitrogen and oxygen atoms in total. The number of sulfonamides is 1. The largest absolute Gasteiger partial charge is 0.352 e. The van der Waals surface area contributed by atoms with Crippen LogP contribution in [-0.4, -0.2) is 20.9 Å². The van der Waals surface area contributed by atoms with E-state index in [0.717, 1.165) is 12.5 Å². The fraction of sp³-hybridized carbons (Fsp3) is 0.300. The Kier molecular flexibility index (Phi) is 4.98. The van der Waals surface area contributed by atoms with Gasteiger partial charge in [-0.15, -0.1) is 0 Å². The number of halogens is 2. The zero-order chi connectivity index (χ0) is 13.9. The summed E-state index contributed by atoms with van der Waals surface area (Å²) >= 11 is 11.6. The van der Waals surface area contributed by atoms with E-state index >= 15 is 0 Å². The van der Waals surface area contributed by atoms with E-state index in [2.05, 4.69) is 5.32 Å². The van der Waals surface area contributed by atoms with Crippen LogP contribution >= 0.6 is 23.2 Å².